The Hall–Kier alpha value is -4.87. The fraction of sp³-hybridized carbons (Fsp3) is 0.286. The number of nitrogens with one attached hydrogen (secondary N) is 1. The molecule has 0 spiro atoms. The Morgan fingerprint density at radius 1 is 0.836 bits per heavy atom. The van der Waals surface area contributed by atoms with Crippen LogP contribution in [0.1, 0.15) is 35.4 Å². The lowest BCUT2D eigenvalue weighted by Crippen LogP contribution is -2.53. The molecule has 2 aliphatic carbocycles. The van der Waals surface area contributed by atoms with Crippen LogP contribution in [0.4, 0.5) is 11.4 Å². The van der Waals surface area contributed by atoms with Crippen molar-refractivity contribution in [1.29, 1.82) is 0 Å². The number of aliphatic hydroxyl groups is 1. The first-order valence-corrected chi connectivity index (χ1v) is 19.0. The van der Waals surface area contributed by atoms with Gasteiger partial charge in [-0.25, -0.2) is 4.90 Å². The number of imide groups is 2. The summed E-state index contributed by atoms with van der Waals surface area (Å²) in [6.45, 7) is 1.77. The van der Waals surface area contributed by atoms with Crippen molar-refractivity contribution < 1.29 is 33.8 Å². The first-order valence-electron chi connectivity index (χ1n) is 17.9. The monoisotopic (exact) mass is 799 g/mol. The van der Waals surface area contributed by atoms with Crippen molar-refractivity contribution in [2.45, 2.75) is 31.1 Å². The molecule has 0 bridgehead atoms. The summed E-state index contributed by atoms with van der Waals surface area (Å²) < 4.78 is 11.2. The number of fused-ring (bicyclic) bond motifs is 4. The van der Waals surface area contributed by atoms with Gasteiger partial charge in [-0.15, -0.1) is 0 Å². The van der Waals surface area contributed by atoms with E-state index in [1.807, 2.05) is 25.1 Å². The Morgan fingerprint density at radius 2 is 1.56 bits per heavy atom. The van der Waals surface area contributed by atoms with Gasteiger partial charge in [0.25, 0.3) is 11.8 Å². The number of hydrogen-bond donors (Lipinski definition) is 2. The summed E-state index contributed by atoms with van der Waals surface area (Å²) in [5, 5.41) is 11.4. The van der Waals surface area contributed by atoms with E-state index in [2.05, 4.69) is 5.43 Å². The summed E-state index contributed by atoms with van der Waals surface area (Å²) in [5.74, 6) is -4.37. The number of nitrogens with zero attached hydrogens (tertiary/aromatic N) is 2. The van der Waals surface area contributed by atoms with Gasteiger partial charge in [-0.2, -0.15) is 5.01 Å². The molecule has 8 rings (SSSR count). The molecule has 4 amide bonds. The third kappa shape index (κ3) is 5.89. The number of carbonyl (C=O) groups is 4. The summed E-state index contributed by atoms with van der Waals surface area (Å²) in [6, 6.07) is 24.2. The number of amides is 4. The number of rotatable bonds is 9. The van der Waals surface area contributed by atoms with Crippen LogP contribution in [-0.2, 0) is 24.6 Å². The summed E-state index contributed by atoms with van der Waals surface area (Å²) in [7, 11) is 1.55. The van der Waals surface area contributed by atoms with Crippen LogP contribution in [0.3, 0.4) is 0 Å². The van der Waals surface area contributed by atoms with Gasteiger partial charge in [-0.3, -0.25) is 24.6 Å². The largest absolute Gasteiger partial charge is 0.497 e. The fourth-order valence-electron chi connectivity index (χ4n) is 9.11. The molecule has 2 aliphatic heterocycles. The Balaban J connectivity index is 1.31. The van der Waals surface area contributed by atoms with Crippen LogP contribution in [0.25, 0.3) is 0 Å². The maximum Gasteiger partial charge on any atom is 0.260 e. The van der Waals surface area contributed by atoms with E-state index in [4.69, 9.17) is 44.3 Å². The lowest BCUT2D eigenvalue weighted by Gasteiger charge is -2.50. The van der Waals surface area contributed by atoms with Crippen LogP contribution in [0.5, 0.6) is 11.5 Å². The molecular weight excluding hydrogens is 765 g/mol. The first-order chi connectivity index (χ1) is 26.5. The lowest BCUT2D eigenvalue weighted by atomic mass is 9.49. The highest BCUT2D eigenvalue weighted by Crippen LogP contribution is 2.64. The first kappa shape index (κ1) is 37.1. The average molecular weight is 801 g/mol. The number of aliphatic hydroxyl groups excluding tert-OH is 1. The molecule has 10 nitrogen and oxygen atoms in total. The highest BCUT2D eigenvalue weighted by Gasteiger charge is 2.70. The maximum atomic E-state index is 15.4. The van der Waals surface area contributed by atoms with Gasteiger partial charge < -0.3 is 14.6 Å². The van der Waals surface area contributed by atoms with Crippen molar-refractivity contribution >= 4 is 69.8 Å². The highest BCUT2D eigenvalue weighted by atomic mass is 35.5. The number of methoxy groups -OCH3 is 1. The number of allylic oxidation sites excluding steroid dienone is 2. The summed E-state index contributed by atoms with van der Waals surface area (Å²) in [5.41, 5.74) is 5.10. The van der Waals surface area contributed by atoms with E-state index in [1.54, 1.807) is 73.8 Å². The van der Waals surface area contributed by atoms with Crippen LogP contribution in [0.2, 0.25) is 15.1 Å². The number of carbonyl (C=O) groups excluding carboxylic acids is 4. The molecule has 2 heterocycles. The zero-order chi connectivity index (χ0) is 38.8. The summed E-state index contributed by atoms with van der Waals surface area (Å²) >= 11 is 19.2. The molecule has 0 aromatic heterocycles. The van der Waals surface area contributed by atoms with Crippen molar-refractivity contribution in [3.8, 4) is 11.5 Å². The summed E-state index contributed by atoms with van der Waals surface area (Å²) in [4.78, 5) is 60.4. The van der Waals surface area contributed by atoms with Crippen LogP contribution < -0.4 is 19.8 Å². The van der Waals surface area contributed by atoms with E-state index in [0.717, 1.165) is 16.1 Å². The Kier molecular flexibility index (Phi) is 9.66. The number of benzene rings is 4. The maximum absolute atomic E-state index is 15.4. The molecule has 2 saturated heterocycles. The zero-order valence-electron chi connectivity index (χ0n) is 29.8. The van der Waals surface area contributed by atoms with E-state index in [0.29, 0.717) is 44.0 Å². The predicted molar refractivity (Wildman–Crippen MR) is 208 cm³/mol. The second-order valence-electron chi connectivity index (χ2n) is 14.3. The van der Waals surface area contributed by atoms with E-state index in [-0.39, 0.29) is 42.9 Å². The number of hydrogen-bond acceptors (Lipinski definition) is 8. The quantitative estimate of drug-likeness (QED) is 0.132. The van der Waals surface area contributed by atoms with Crippen LogP contribution in [-0.4, -0.2) is 54.1 Å². The van der Waals surface area contributed by atoms with Crippen molar-refractivity contribution in [1.82, 2.24) is 5.01 Å². The molecule has 0 unspecified atom stereocenters. The van der Waals surface area contributed by atoms with Gasteiger partial charge in [0.1, 0.15) is 18.1 Å². The molecule has 1 saturated carbocycles. The van der Waals surface area contributed by atoms with Crippen LogP contribution in [0, 0.1) is 30.6 Å². The SMILES string of the molecule is COc1ccc([C@@]23C(=O)N(Nc4ccc(Cl)cc4Cl)C(=O)[C@@H]2C[C@@H]2C(=CC[C@@H]4C(=O)N(c5ccc(C)c(Cl)c5)C(=O)[C@@H]42)[C@@H]3c2ccc(OCCO)cc2)cc1. The molecule has 4 aromatic rings. The predicted octanol–water partition coefficient (Wildman–Crippen LogP) is 7.52. The number of aryl methyl sites for hydroxylation is 1. The van der Waals surface area contributed by atoms with Gasteiger partial charge in [0.2, 0.25) is 11.8 Å². The minimum atomic E-state index is -1.51. The molecular formula is C42H36Cl3N3O7. The lowest BCUT2D eigenvalue weighted by molar-refractivity contribution is -0.138. The Labute approximate surface area is 332 Å². The van der Waals surface area contributed by atoms with Gasteiger partial charge in [-0.05, 0) is 97.0 Å². The van der Waals surface area contributed by atoms with E-state index in [9.17, 15) is 19.5 Å². The molecule has 4 aromatic carbocycles. The minimum absolute atomic E-state index is 0.0939. The fourth-order valence-corrected chi connectivity index (χ4v) is 9.74. The topological polar surface area (TPSA) is 125 Å². The van der Waals surface area contributed by atoms with Gasteiger partial charge in [0.15, 0.2) is 0 Å². The van der Waals surface area contributed by atoms with Crippen molar-refractivity contribution in [3.63, 3.8) is 0 Å². The smallest absolute Gasteiger partial charge is 0.260 e. The highest BCUT2D eigenvalue weighted by molar-refractivity contribution is 6.36. The van der Waals surface area contributed by atoms with Crippen LogP contribution >= 0.6 is 34.8 Å². The molecule has 4 aliphatic rings. The third-order valence-electron chi connectivity index (χ3n) is 11.6. The Bertz CT molecular complexity index is 2260. The molecule has 13 heteroatoms. The van der Waals surface area contributed by atoms with Crippen molar-refractivity contribution in [2.24, 2.45) is 23.7 Å². The van der Waals surface area contributed by atoms with E-state index < -0.39 is 46.8 Å². The number of halogens is 3. The normalized spacial score (nSPS) is 25.7. The van der Waals surface area contributed by atoms with Crippen LogP contribution in [0.15, 0.2) is 96.6 Å². The zero-order valence-corrected chi connectivity index (χ0v) is 32.1. The number of anilines is 2. The second-order valence-corrected chi connectivity index (χ2v) is 15.5. The summed E-state index contributed by atoms with van der Waals surface area (Å²) in [6.07, 6.45) is 2.37. The second kappa shape index (κ2) is 14.3. The standard InChI is InChI=1S/C42H36Cl3N3O7/c1-22-3-9-26(20-33(22)44)47-38(50)30-15-14-29-31(36(30)40(47)52)21-32-39(51)48(46-35-16-8-25(43)19-34(35)45)41(53)42(32,24-6-12-27(54-2)13-7-24)37(29)23-4-10-28(11-5-23)55-18-17-49/h3-14,16,19-20,30-32,36-37,46,49H,15,17-18,21H2,1-2H3/t30-,31+,32-,36-,37-,42+/m0/s1. The van der Waals surface area contributed by atoms with Crippen molar-refractivity contribution in [3.05, 3.63) is 128 Å². The van der Waals surface area contributed by atoms with E-state index >= 15 is 4.79 Å². The van der Waals surface area contributed by atoms with Gasteiger partial charge in [0.05, 0.1) is 53.3 Å². The molecule has 3 fully saturated rings. The van der Waals surface area contributed by atoms with Gasteiger partial charge in [-0.1, -0.05) is 76.8 Å². The molecule has 0 radical (unpaired) electrons. The third-order valence-corrected chi connectivity index (χ3v) is 12.5. The molecule has 282 valence electrons. The Morgan fingerprint density at radius 3 is 2.24 bits per heavy atom. The van der Waals surface area contributed by atoms with Crippen molar-refractivity contribution in [2.75, 3.05) is 30.6 Å². The minimum Gasteiger partial charge on any atom is -0.497 e. The average Bonchev–Trinajstić information content (AvgIpc) is 3.57. The van der Waals surface area contributed by atoms with E-state index in [1.165, 1.54) is 11.0 Å². The molecule has 6 atom stereocenters. The number of hydrazine groups is 1. The van der Waals surface area contributed by atoms with Gasteiger partial charge >= 0.3 is 0 Å². The van der Waals surface area contributed by atoms with Gasteiger partial charge in [0, 0.05) is 16.0 Å². The molecule has 55 heavy (non-hydrogen) atoms. The molecule has 2 N–H and O–H groups in total. The number of ether oxygens (including phenoxy) is 2.